The summed E-state index contributed by atoms with van der Waals surface area (Å²) in [4.78, 5) is 22.5. The molecule has 0 bridgehead atoms. The van der Waals surface area contributed by atoms with Gasteiger partial charge in [-0.1, -0.05) is 25.4 Å². The van der Waals surface area contributed by atoms with Gasteiger partial charge in [0, 0.05) is 12.2 Å². The maximum Gasteiger partial charge on any atom is 0.337 e. The minimum Gasteiger partial charge on any atom is -0.478 e. The molecule has 0 atom stereocenters. The summed E-state index contributed by atoms with van der Waals surface area (Å²) < 4.78 is 0. The maximum atomic E-state index is 11.6. The van der Waals surface area contributed by atoms with Gasteiger partial charge in [-0.3, -0.25) is 0 Å². The number of benzene rings is 1. The highest BCUT2D eigenvalue weighted by atomic mass is 35.5. The topological polar surface area (TPSA) is 78.4 Å². The van der Waals surface area contributed by atoms with Gasteiger partial charge in [-0.15, -0.1) is 0 Å². The van der Waals surface area contributed by atoms with Gasteiger partial charge in [-0.25, -0.2) is 9.59 Å². The number of aromatic carboxylic acids is 1. The van der Waals surface area contributed by atoms with E-state index in [0.29, 0.717) is 18.2 Å². The first-order chi connectivity index (χ1) is 9.40. The van der Waals surface area contributed by atoms with Crippen LogP contribution in [0.25, 0.3) is 0 Å². The summed E-state index contributed by atoms with van der Waals surface area (Å²) in [5.74, 6) is -0.523. The normalized spacial score (nSPS) is 10.4. The lowest BCUT2D eigenvalue weighted by Crippen LogP contribution is -2.29. The van der Waals surface area contributed by atoms with Gasteiger partial charge in [0.25, 0.3) is 0 Å². The highest BCUT2D eigenvalue weighted by molar-refractivity contribution is 6.33. The van der Waals surface area contributed by atoms with Crippen LogP contribution in [-0.2, 0) is 0 Å². The van der Waals surface area contributed by atoms with Crippen molar-refractivity contribution in [2.45, 2.75) is 26.7 Å². The lowest BCUT2D eigenvalue weighted by atomic mass is 10.1. The summed E-state index contributed by atoms with van der Waals surface area (Å²) >= 11 is 5.75. The third kappa shape index (κ3) is 5.48. The second-order valence-electron chi connectivity index (χ2n) is 4.92. The molecule has 1 aromatic rings. The number of anilines is 1. The number of carbonyl (C=O) groups is 2. The van der Waals surface area contributed by atoms with Gasteiger partial charge in [0.05, 0.1) is 10.6 Å². The maximum absolute atomic E-state index is 11.6. The van der Waals surface area contributed by atoms with E-state index < -0.39 is 5.97 Å². The average molecular weight is 299 g/mol. The van der Waals surface area contributed by atoms with Crippen LogP contribution < -0.4 is 10.6 Å². The first-order valence-corrected chi connectivity index (χ1v) is 6.85. The number of halogens is 1. The average Bonchev–Trinajstić information content (AvgIpc) is 2.36. The van der Waals surface area contributed by atoms with Crippen LogP contribution >= 0.6 is 11.6 Å². The predicted octanol–water partition coefficient (Wildman–Crippen LogP) is 3.60. The molecule has 0 aromatic heterocycles. The summed E-state index contributed by atoms with van der Waals surface area (Å²) in [6.07, 6.45) is 1.95. The summed E-state index contributed by atoms with van der Waals surface area (Å²) in [6.45, 7) is 4.84. The molecule has 0 fully saturated rings. The molecule has 0 aliphatic heterocycles. The van der Waals surface area contributed by atoms with Gasteiger partial charge >= 0.3 is 12.0 Å². The molecule has 110 valence electrons. The van der Waals surface area contributed by atoms with E-state index in [2.05, 4.69) is 24.5 Å². The van der Waals surface area contributed by atoms with E-state index in [1.807, 2.05) is 0 Å². The zero-order valence-electron chi connectivity index (χ0n) is 11.6. The monoisotopic (exact) mass is 298 g/mol. The minimum absolute atomic E-state index is 0.0377. The van der Waals surface area contributed by atoms with Crippen LogP contribution in [0.1, 0.15) is 37.0 Å². The molecule has 0 saturated heterocycles. The summed E-state index contributed by atoms with van der Waals surface area (Å²) in [6, 6.07) is 3.98. The molecule has 0 radical (unpaired) electrons. The Hall–Kier alpha value is -1.75. The third-order valence-corrected chi connectivity index (χ3v) is 3.03. The van der Waals surface area contributed by atoms with Gasteiger partial charge in [0.2, 0.25) is 0 Å². The van der Waals surface area contributed by atoms with Crippen molar-refractivity contribution in [3.8, 4) is 0 Å². The smallest absolute Gasteiger partial charge is 0.337 e. The summed E-state index contributed by atoms with van der Waals surface area (Å²) in [7, 11) is 0. The Labute approximate surface area is 123 Å². The predicted molar refractivity (Wildman–Crippen MR) is 79.5 cm³/mol. The molecule has 20 heavy (non-hydrogen) atoms. The minimum atomic E-state index is -1.13. The van der Waals surface area contributed by atoms with Crippen molar-refractivity contribution in [1.82, 2.24) is 5.32 Å². The fourth-order valence-electron chi connectivity index (χ4n) is 1.65. The number of nitrogens with one attached hydrogen (secondary N) is 2. The Morgan fingerprint density at radius 2 is 2.05 bits per heavy atom. The van der Waals surface area contributed by atoms with Crippen molar-refractivity contribution in [1.29, 1.82) is 0 Å². The van der Waals surface area contributed by atoms with E-state index in [4.69, 9.17) is 16.7 Å². The van der Waals surface area contributed by atoms with E-state index >= 15 is 0 Å². The van der Waals surface area contributed by atoms with Crippen molar-refractivity contribution in [2.75, 3.05) is 11.9 Å². The van der Waals surface area contributed by atoms with Crippen molar-refractivity contribution in [2.24, 2.45) is 5.92 Å². The van der Waals surface area contributed by atoms with E-state index in [9.17, 15) is 9.59 Å². The van der Waals surface area contributed by atoms with Gasteiger partial charge in [0.1, 0.15) is 0 Å². The van der Waals surface area contributed by atoms with E-state index in [1.54, 1.807) is 6.07 Å². The molecular weight excluding hydrogens is 280 g/mol. The molecule has 0 heterocycles. The van der Waals surface area contributed by atoms with Crippen LogP contribution in [0.5, 0.6) is 0 Å². The molecular formula is C14H19ClN2O3. The van der Waals surface area contributed by atoms with Crippen molar-refractivity contribution in [3.05, 3.63) is 28.8 Å². The van der Waals surface area contributed by atoms with Crippen molar-refractivity contribution >= 4 is 29.3 Å². The number of hydrogen-bond donors (Lipinski definition) is 3. The Morgan fingerprint density at radius 1 is 1.35 bits per heavy atom. The molecule has 0 aliphatic rings. The van der Waals surface area contributed by atoms with Crippen LogP contribution in [0, 0.1) is 5.92 Å². The van der Waals surface area contributed by atoms with Gasteiger partial charge in [-0.2, -0.15) is 0 Å². The van der Waals surface area contributed by atoms with Gasteiger partial charge in [-0.05, 0) is 37.0 Å². The Morgan fingerprint density at radius 3 is 2.65 bits per heavy atom. The first kappa shape index (κ1) is 16.3. The lowest BCUT2D eigenvalue weighted by molar-refractivity contribution is 0.0697. The molecule has 0 saturated carbocycles. The number of amides is 2. The number of rotatable bonds is 6. The van der Waals surface area contributed by atoms with E-state index in [0.717, 1.165) is 12.8 Å². The number of urea groups is 1. The molecule has 1 aromatic carbocycles. The largest absolute Gasteiger partial charge is 0.478 e. The highest BCUT2D eigenvalue weighted by Gasteiger charge is 2.10. The highest BCUT2D eigenvalue weighted by Crippen LogP contribution is 2.20. The Balaban J connectivity index is 2.50. The number of hydrogen-bond acceptors (Lipinski definition) is 2. The van der Waals surface area contributed by atoms with Crippen LogP contribution in [0.15, 0.2) is 18.2 Å². The Kier molecular flexibility index (Phi) is 6.31. The molecule has 0 unspecified atom stereocenters. The summed E-state index contributed by atoms with van der Waals surface area (Å²) in [5, 5.41) is 14.4. The van der Waals surface area contributed by atoms with Gasteiger partial charge in [0.15, 0.2) is 0 Å². The third-order valence-electron chi connectivity index (χ3n) is 2.70. The molecule has 5 nitrogen and oxygen atoms in total. The van der Waals surface area contributed by atoms with Crippen LogP contribution in [0.4, 0.5) is 10.5 Å². The Bertz CT molecular complexity index is 489. The molecule has 3 N–H and O–H groups in total. The number of carboxylic acid groups (broad SMARTS) is 1. The number of carbonyl (C=O) groups excluding carboxylic acids is 1. The van der Waals surface area contributed by atoms with E-state index in [1.165, 1.54) is 12.1 Å². The molecule has 6 heteroatoms. The molecule has 0 spiro atoms. The van der Waals surface area contributed by atoms with Crippen molar-refractivity contribution < 1.29 is 14.7 Å². The first-order valence-electron chi connectivity index (χ1n) is 6.48. The molecule has 2 amide bonds. The molecule has 0 aliphatic carbocycles. The zero-order chi connectivity index (χ0) is 15.1. The SMILES string of the molecule is CC(C)CCCNC(=O)Nc1ccc(Cl)c(C(=O)O)c1. The van der Waals surface area contributed by atoms with Gasteiger partial charge < -0.3 is 15.7 Å². The zero-order valence-corrected chi connectivity index (χ0v) is 12.3. The lowest BCUT2D eigenvalue weighted by Gasteiger charge is -2.09. The van der Waals surface area contributed by atoms with Crippen LogP contribution in [-0.4, -0.2) is 23.7 Å². The van der Waals surface area contributed by atoms with E-state index in [-0.39, 0.29) is 16.6 Å². The fraction of sp³-hybridized carbons (Fsp3) is 0.429. The summed E-state index contributed by atoms with van der Waals surface area (Å²) in [5.41, 5.74) is 0.359. The van der Waals surface area contributed by atoms with Crippen LogP contribution in [0.2, 0.25) is 5.02 Å². The molecule has 1 rings (SSSR count). The van der Waals surface area contributed by atoms with Crippen LogP contribution in [0.3, 0.4) is 0 Å². The fourth-order valence-corrected chi connectivity index (χ4v) is 1.85. The standard InChI is InChI=1S/C14H19ClN2O3/c1-9(2)4-3-7-16-14(20)17-10-5-6-12(15)11(8-10)13(18)19/h5-6,8-9H,3-4,7H2,1-2H3,(H,18,19)(H2,16,17,20). The second kappa shape index (κ2) is 7.75. The van der Waals surface area contributed by atoms with Crippen molar-refractivity contribution in [3.63, 3.8) is 0 Å². The second-order valence-corrected chi connectivity index (χ2v) is 5.32. The quantitative estimate of drug-likeness (QED) is 0.702. The number of carboxylic acids is 1.